The van der Waals surface area contributed by atoms with Crippen LogP contribution in [0.1, 0.15) is 49.3 Å². The Kier molecular flexibility index (Phi) is 5.83. The van der Waals surface area contributed by atoms with E-state index >= 15 is 0 Å². The van der Waals surface area contributed by atoms with Crippen molar-refractivity contribution in [3.63, 3.8) is 0 Å². The second kappa shape index (κ2) is 8.49. The van der Waals surface area contributed by atoms with Gasteiger partial charge in [0.25, 0.3) is 0 Å². The molecule has 2 atom stereocenters. The van der Waals surface area contributed by atoms with Gasteiger partial charge in [0.15, 0.2) is 9.84 Å². The minimum atomic E-state index is -2.95. The van der Waals surface area contributed by atoms with E-state index in [2.05, 4.69) is 65.3 Å². The first-order valence-electron chi connectivity index (χ1n) is 12.2. The number of fused-ring (bicyclic) bond motifs is 1. The van der Waals surface area contributed by atoms with Crippen LogP contribution in [0, 0.1) is 5.41 Å². The van der Waals surface area contributed by atoms with Crippen molar-refractivity contribution in [2.45, 2.75) is 51.5 Å². The van der Waals surface area contributed by atoms with Crippen molar-refractivity contribution in [1.29, 1.82) is 0 Å². The van der Waals surface area contributed by atoms with Crippen LogP contribution in [0.25, 0.3) is 0 Å². The highest BCUT2D eigenvalue weighted by Gasteiger charge is 2.42. The van der Waals surface area contributed by atoms with Crippen LogP contribution in [0.5, 0.6) is 0 Å². The number of sulfone groups is 1. The third-order valence-electron chi connectivity index (χ3n) is 7.88. The van der Waals surface area contributed by atoms with E-state index < -0.39 is 9.84 Å². The van der Waals surface area contributed by atoms with Gasteiger partial charge in [0, 0.05) is 41.9 Å². The summed E-state index contributed by atoms with van der Waals surface area (Å²) in [5.41, 5.74) is 5.57. The highest BCUT2D eigenvalue weighted by atomic mass is 32.2. The maximum Gasteiger partial charge on any atom is 0.150 e. The summed E-state index contributed by atoms with van der Waals surface area (Å²) in [6.45, 7) is 7.99. The minimum absolute atomic E-state index is 0.131. The van der Waals surface area contributed by atoms with Gasteiger partial charge in [-0.15, -0.1) is 0 Å². The Hall–Kier alpha value is -1.85. The molecular formula is C27H36N2O2S. The Morgan fingerprint density at radius 1 is 1.06 bits per heavy atom. The van der Waals surface area contributed by atoms with Crippen molar-refractivity contribution < 1.29 is 8.42 Å². The molecule has 1 aliphatic carbocycles. The van der Waals surface area contributed by atoms with Crippen LogP contribution in [-0.2, 0) is 22.7 Å². The molecule has 0 aromatic heterocycles. The highest BCUT2D eigenvalue weighted by molar-refractivity contribution is 7.91. The monoisotopic (exact) mass is 452 g/mol. The lowest BCUT2D eigenvalue weighted by Gasteiger charge is -2.50. The first-order chi connectivity index (χ1) is 15.4. The predicted molar refractivity (Wildman–Crippen MR) is 132 cm³/mol. The number of nitrogens with zero attached hydrogens (tertiary/aromatic N) is 2. The summed E-state index contributed by atoms with van der Waals surface area (Å²) in [5.74, 6) is 1.06. The van der Waals surface area contributed by atoms with Crippen LogP contribution in [-0.4, -0.2) is 57.0 Å². The van der Waals surface area contributed by atoms with Crippen LogP contribution >= 0.6 is 0 Å². The SMILES string of the molecule is CCS(=O)(=O)CC1(C)CN(c2ccc3c(c2)[C@@H](Cc2ccccc2)[C@@H](N2CCC2)CC3)C1. The third-order valence-corrected chi connectivity index (χ3v) is 9.90. The minimum Gasteiger partial charge on any atom is -0.370 e. The molecule has 0 radical (unpaired) electrons. The zero-order valence-electron chi connectivity index (χ0n) is 19.5. The molecule has 0 amide bonds. The summed E-state index contributed by atoms with van der Waals surface area (Å²) in [4.78, 5) is 5.07. The molecule has 2 aromatic carbocycles. The fraction of sp³-hybridized carbons (Fsp3) is 0.556. The number of hydrogen-bond donors (Lipinski definition) is 0. The lowest BCUT2D eigenvalue weighted by atomic mass is 9.74. The van der Waals surface area contributed by atoms with Gasteiger partial charge >= 0.3 is 0 Å². The van der Waals surface area contributed by atoms with Gasteiger partial charge in [-0.1, -0.05) is 50.2 Å². The van der Waals surface area contributed by atoms with Crippen LogP contribution in [0.3, 0.4) is 0 Å². The van der Waals surface area contributed by atoms with Crippen molar-refractivity contribution in [3.05, 3.63) is 65.2 Å². The molecule has 5 heteroatoms. The van der Waals surface area contributed by atoms with E-state index in [0.717, 1.165) is 25.9 Å². The van der Waals surface area contributed by atoms with Gasteiger partial charge in [-0.05, 0) is 67.6 Å². The van der Waals surface area contributed by atoms with E-state index in [4.69, 9.17) is 0 Å². The molecular weight excluding hydrogens is 416 g/mol. The Bertz CT molecular complexity index is 1060. The van der Waals surface area contributed by atoms with Crippen LogP contribution in [0.15, 0.2) is 48.5 Å². The highest BCUT2D eigenvalue weighted by Crippen LogP contribution is 2.42. The maximum atomic E-state index is 12.2. The smallest absolute Gasteiger partial charge is 0.150 e. The fourth-order valence-electron chi connectivity index (χ4n) is 6.07. The van der Waals surface area contributed by atoms with E-state index in [-0.39, 0.29) is 11.2 Å². The quantitative estimate of drug-likeness (QED) is 0.628. The van der Waals surface area contributed by atoms with E-state index in [1.54, 1.807) is 6.92 Å². The third kappa shape index (κ3) is 4.34. The molecule has 5 rings (SSSR count). The summed E-state index contributed by atoms with van der Waals surface area (Å²) in [6.07, 6.45) is 4.83. The molecule has 4 nitrogen and oxygen atoms in total. The van der Waals surface area contributed by atoms with E-state index in [1.165, 1.54) is 48.3 Å². The number of anilines is 1. The number of rotatable bonds is 7. The standard InChI is InChI=1S/C27H36N2O2S/c1-3-32(30,31)20-27(2)18-29(19-27)23-12-10-22-11-13-26(28-14-7-15-28)25(24(22)17-23)16-21-8-5-4-6-9-21/h4-6,8-10,12,17,25-26H,3,7,11,13-16,18-20H2,1-2H3/t25-,26+/m1/s1. The zero-order valence-corrected chi connectivity index (χ0v) is 20.3. The molecule has 172 valence electrons. The maximum absolute atomic E-state index is 12.2. The fourth-order valence-corrected chi connectivity index (χ4v) is 7.52. The molecule has 2 saturated heterocycles. The van der Waals surface area contributed by atoms with E-state index in [0.29, 0.717) is 17.7 Å². The number of likely N-dealkylation sites (tertiary alicyclic amines) is 1. The van der Waals surface area contributed by atoms with Crippen molar-refractivity contribution in [3.8, 4) is 0 Å². The molecule has 2 heterocycles. The molecule has 0 N–H and O–H groups in total. The topological polar surface area (TPSA) is 40.6 Å². The Morgan fingerprint density at radius 2 is 1.81 bits per heavy atom. The number of benzene rings is 2. The molecule has 32 heavy (non-hydrogen) atoms. The van der Waals surface area contributed by atoms with Crippen molar-refractivity contribution in [2.75, 3.05) is 42.6 Å². The van der Waals surface area contributed by atoms with Crippen molar-refractivity contribution in [1.82, 2.24) is 4.90 Å². The van der Waals surface area contributed by atoms with Crippen molar-refractivity contribution >= 4 is 15.5 Å². The average Bonchev–Trinajstić information content (AvgIpc) is 2.72. The molecule has 2 fully saturated rings. The average molecular weight is 453 g/mol. The molecule has 2 aromatic rings. The summed E-state index contributed by atoms with van der Waals surface area (Å²) < 4.78 is 24.3. The van der Waals surface area contributed by atoms with Crippen LogP contribution < -0.4 is 4.90 Å². The molecule has 0 unspecified atom stereocenters. The Labute approximate surface area is 193 Å². The molecule has 0 spiro atoms. The van der Waals surface area contributed by atoms with Crippen molar-refractivity contribution in [2.24, 2.45) is 5.41 Å². The van der Waals surface area contributed by atoms with Crippen LogP contribution in [0.2, 0.25) is 0 Å². The molecule has 2 aliphatic heterocycles. The Balaban J connectivity index is 1.39. The van der Waals surface area contributed by atoms with Gasteiger partial charge in [0.05, 0.1) is 5.75 Å². The normalized spacial score (nSPS) is 25.0. The van der Waals surface area contributed by atoms with Gasteiger partial charge in [-0.2, -0.15) is 0 Å². The van der Waals surface area contributed by atoms with Gasteiger partial charge in [0.1, 0.15) is 0 Å². The molecule has 0 bridgehead atoms. The first kappa shape index (κ1) is 22.0. The lowest BCUT2D eigenvalue weighted by Crippen LogP contribution is -2.58. The predicted octanol–water partition coefficient (Wildman–Crippen LogP) is 4.29. The second-order valence-corrected chi connectivity index (χ2v) is 12.9. The zero-order chi connectivity index (χ0) is 22.3. The van der Waals surface area contributed by atoms with E-state index in [9.17, 15) is 8.42 Å². The summed E-state index contributed by atoms with van der Waals surface area (Å²) in [5, 5.41) is 0. The van der Waals surface area contributed by atoms with Gasteiger partial charge < -0.3 is 4.90 Å². The lowest BCUT2D eigenvalue weighted by molar-refractivity contribution is 0.0877. The summed E-state index contributed by atoms with van der Waals surface area (Å²) >= 11 is 0. The first-order valence-corrected chi connectivity index (χ1v) is 14.0. The second-order valence-electron chi connectivity index (χ2n) is 10.5. The molecule has 0 saturated carbocycles. The summed E-state index contributed by atoms with van der Waals surface area (Å²) in [7, 11) is -2.95. The molecule has 3 aliphatic rings. The van der Waals surface area contributed by atoms with Gasteiger partial charge in [-0.25, -0.2) is 8.42 Å². The Morgan fingerprint density at radius 3 is 2.47 bits per heavy atom. The number of aryl methyl sites for hydroxylation is 1. The largest absolute Gasteiger partial charge is 0.370 e. The van der Waals surface area contributed by atoms with Gasteiger partial charge in [-0.3, -0.25) is 4.90 Å². The number of hydrogen-bond acceptors (Lipinski definition) is 4. The van der Waals surface area contributed by atoms with Gasteiger partial charge in [0.2, 0.25) is 0 Å². The van der Waals surface area contributed by atoms with Crippen LogP contribution in [0.4, 0.5) is 5.69 Å². The van der Waals surface area contributed by atoms with E-state index in [1.807, 2.05) is 0 Å². The summed E-state index contributed by atoms with van der Waals surface area (Å²) in [6, 6.07) is 18.6.